The first kappa shape index (κ1) is 26.9. The van der Waals surface area contributed by atoms with E-state index < -0.39 is 0 Å². The van der Waals surface area contributed by atoms with Crippen molar-refractivity contribution in [1.82, 2.24) is 29.4 Å². The average molecular weight is 550 g/mol. The predicted molar refractivity (Wildman–Crippen MR) is 150 cm³/mol. The molecule has 3 aromatic rings. The first-order chi connectivity index (χ1) is 18.9. The van der Waals surface area contributed by atoms with Gasteiger partial charge in [-0.2, -0.15) is 20.0 Å². The Labute approximate surface area is 232 Å². The van der Waals surface area contributed by atoms with Crippen LogP contribution in [-0.4, -0.2) is 102 Å². The largest absolute Gasteiger partial charge is 0.383 e. The van der Waals surface area contributed by atoms with Gasteiger partial charge in [0.05, 0.1) is 40.8 Å². The van der Waals surface area contributed by atoms with Crippen molar-refractivity contribution in [3.63, 3.8) is 0 Å². The van der Waals surface area contributed by atoms with Crippen LogP contribution in [0.2, 0.25) is 5.02 Å². The van der Waals surface area contributed by atoms with Gasteiger partial charge in [0.15, 0.2) is 17.2 Å². The highest BCUT2D eigenvalue weighted by molar-refractivity contribution is 6.36. The molecule has 12 nitrogen and oxygen atoms in total. The number of piperazine rings is 1. The lowest BCUT2D eigenvalue weighted by atomic mass is 10.1. The first-order valence-electron chi connectivity index (χ1n) is 13.0. The van der Waals surface area contributed by atoms with Crippen molar-refractivity contribution in [2.75, 3.05) is 76.1 Å². The van der Waals surface area contributed by atoms with Crippen molar-refractivity contribution < 1.29 is 4.74 Å². The highest BCUT2D eigenvalue weighted by atomic mass is 35.5. The highest BCUT2D eigenvalue weighted by Gasteiger charge is 2.28. The fraction of sp³-hybridized carbons (Fsp3) is 0.500. The second-order valence-corrected chi connectivity index (χ2v) is 10.5. The number of anilines is 4. The Bertz CT molecular complexity index is 1420. The molecule has 1 aliphatic heterocycles. The highest BCUT2D eigenvalue weighted by Crippen LogP contribution is 2.37. The molecule has 3 heterocycles. The topological polar surface area (TPSA) is 134 Å². The normalized spacial score (nSPS) is 17.8. The molecule has 2 fully saturated rings. The predicted octanol–water partition coefficient (Wildman–Crippen LogP) is 2.54. The van der Waals surface area contributed by atoms with Crippen LogP contribution < -0.4 is 15.5 Å². The zero-order chi connectivity index (χ0) is 27.5. The Morgan fingerprint density at radius 3 is 2.77 bits per heavy atom. The summed E-state index contributed by atoms with van der Waals surface area (Å²) in [6, 6.07) is 8.51. The molecule has 0 spiro atoms. The maximum Gasteiger partial charge on any atom is 0.247 e. The van der Waals surface area contributed by atoms with Gasteiger partial charge >= 0.3 is 0 Å². The number of halogens is 1. The van der Waals surface area contributed by atoms with E-state index in [1.54, 1.807) is 13.2 Å². The van der Waals surface area contributed by atoms with E-state index in [2.05, 4.69) is 66.6 Å². The summed E-state index contributed by atoms with van der Waals surface area (Å²) in [6.07, 6.45) is 3.58. The first-order valence-corrected chi connectivity index (χ1v) is 13.3. The van der Waals surface area contributed by atoms with Gasteiger partial charge in [-0.05, 0) is 39.1 Å². The number of ether oxygens (including phenoxy) is 1. The molecule has 0 amide bonds. The minimum atomic E-state index is 0.249. The molecule has 5 rings (SSSR count). The van der Waals surface area contributed by atoms with Gasteiger partial charge in [0.1, 0.15) is 6.07 Å². The second kappa shape index (κ2) is 11.6. The molecule has 2 aromatic heterocycles. The van der Waals surface area contributed by atoms with E-state index in [1.807, 2.05) is 6.07 Å². The number of hydrogen-bond donors (Lipinski definition) is 2. The van der Waals surface area contributed by atoms with Gasteiger partial charge in [0.2, 0.25) is 5.95 Å². The Kier molecular flexibility index (Phi) is 8.00. The number of likely N-dealkylation sites (N-methyl/N-ethyl adjacent to an activating group) is 2. The minimum Gasteiger partial charge on any atom is -0.383 e. The molecule has 39 heavy (non-hydrogen) atoms. The fourth-order valence-electron chi connectivity index (χ4n) is 4.70. The van der Waals surface area contributed by atoms with E-state index in [4.69, 9.17) is 16.3 Å². The van der Waals surface area contributed by atoms with Crippen molar-refractivity contribution >= 4 is 40.4 Å². The summed E-state index contributed by atoms with van der Waals surface area (Å²) in [7, 11) is 5.95. The van der Waals surface area contributed by atoms with Crippen molar-refractivity contribution in [2.45, 2.75) is 24.9 Å². The van der Waals surface area contributed by atoms with E-state index in [0.29, 0.717) is 46.1 Å². The van der Waals surface area contributed by atoms with Gasteiger partial charge < -0.3 is 25.2 Å². The summed E-state index contributed by atoms with van der Waals surface area (Å²) in [5, 5.41) is 30.9. The van der Waals surface area contributed by atoms with E-state index in [9.17, 15) is 10.5 Å². The Balaban J connectivity index is 1.44. The van der Waals surface area contributed by atoms with Crippen LogP contribution in [0.25, 0.3) is 5.65 Å². The lowest BCUT2D eigenvalue weighted by molar-refractivity contribution is 0.128. The monoisotopic (exact) mass is 549 g/mol. The molecule has 0 bridgehead atoms. The summed E-state index contributed by atoms with van der Waals surface area (Å²) < 4.78 is 6.69. The number of aromatic nitrogens is 4. The molecule has 2 N–H and O–H groups in total. The maximum atomic E-state index is 9.81. The standard InChI is InChI=1S/C26H32ClN11O/c1-35(8-9-39-3)15-20-16-37(7-6-36(20)2)22-11-17(12-28)10-21(23(22)27)32-26-33-24(31-18-4-5-18)25-30-14-19(13-29)38(25)34-26/h10-11,14,18,20H,4-9,15-16H2,1-3H3,(H2,31,32,33,34). The average Bonchev–Trinajstić information content (AvgIpc) is 3.65. The molecular formula is C26H32ClN11O. The van der Waals surface area contributed by atoms with E-state index >= 15 is 0 Å². The number of nitrogens with one attached hydrogen (secondary N) is 2. The quantitative estimate of drug-likeness (QED) is 0.386. The number of fused-ring (bicyclic) bond motifs is 1. The van der Waals surface area contributed by atoms with Crippen molar-refractivity contribution in [3.05, 3.63) is 34.6 Å². The van der Waals surface area contributed by atoms with Gasteiger partial charge in [-0.3, -0.25) is 4.90 Å². The molecule has 2 aliphatic rings. The van der Waals surface area contributed by atoms with E-state index in [-0.39, 0.29) is 12.0 Å². The van der Waals surface area contributed by atoms with Gasteiger partial charge in [-0.1, -0.05) is 11.6 Å². The molecule has 1 saturated heterocycles. The fourth-order valence-corrected chi connectivity index (χ4v) is 4.98. The number of imidazole rings is 1. The Hall–Kier alpha value is -3.68. The molecular weight excluding hydrogens is 518 g/mol. The Morgan fingerprint density at radius 1 is 1.23 bits per heavy atom. The van der Waals surface area contributed by atoms with Crippen LogP contribution in [0.4, 0.5) is 23.1 Å². The van der Waals surface area contributed by atoms with E-state index in [0.717, 1.165) is 51.3 Å². The third-order valence-corrected chi connectivity index (χ3v) is 7.54. The molecule has 1 aliphatic carbocycles. The van der Waals surface area contributed by atoms with Crippen LogP contribution in [-0.2, 0) is 4.74 Å². The number of hydrogen-bond acceptors (Lipinski definition) is 11. The van der Waals surface area contributed by atoms with Crippen molar-refractivity contribution in [2.24, 2.45) is 0 Å². The number of methoxy groups -OCH3 is 1. The number of rotatable bonds is 10. The van der Waals surface area contributed by atoms with Crippen molar-refractivity contribution in [3.8, 4) is 12.1 Å². The number of nitrogens with zero attached hydrogens (tertiary/aromatic N) is 9. The maximum absolute atomic E-state index is 9.81. The van der Waals surface area contributed by atoms with Crippen LogP contribution in [0.5, 0.6) is 0 Å². The molecule has 13 heteroatoms. The van der Waals surface area contributed by atoms with Gasteiger partial charge in [-0.15, -0.1) is 5.10 Å². The minimum absolute atomic E-state index is 0.249. The zero-order valence-electron chi connectivity index (χ0n) is 22.4. The molecule has 1 aromatic carbocycles. The third-order valence-electron chi connectivity index (χ3n) is 7.14. The smallest absolute Gasteiger partial charge is 0.247 e. The van der Waals surface area contributed by atoms with E-state index in [1.165, 1.54) is 10.7 Å². The lowest BCUT2D eigenvalue weighted by Crippen LogP contribution is -2.55. The number of nitriles is 2. The van der Waals surface area contributed by atoms with Crippen LogP contribution in [0.1, 0.15) is 24.1 Å². The molecule has 204 valence electrons. The van der Waals surface area contributed by atoms with Gasteiger partial charge in [-0.25, -0.2) is 4.98 Å². The summed E-state index contributed by atoms with van der Waals surface area (Å²) in [6.45, 7) is 4.83. The second-order valence-electron chi connectivity index (χ2n) is 10.1. The summed E-state index contributed by atoms with van der Waals surface area (Å²) >= 11 is 6.97. The summed E-state index contributed by atoms with van der Waals surface area (Å²) in [5.74, 6) is 0.794. The molecule has 1 unspecified atom stereocenters. The Morgan fingerprint density at radius 2 is 2.05 bits per heavy atom. The van der Waals surface area contributed by atoms with Crippen molar-refractivity contribution in [1.29, 1.82) is 10.5 Å². The third kappa shape index (κ3) is 6.00. The SMILES string of the molecule is COCCN(C)CC1CN(c2cc(C#N)cc(Nc3nc(NC4CC4)c4ncc(C#N)n4n3)c2Cl)CCN1C. The van der Waals surface area contributed by atoms with Gasteiger partial charge in [0, 0.05) is 51.9 Å². The lowest BCUT2D eigenvalue weighted by Gasteiger charge is -2.42. The van der Waals surface area contributed by atoms with Crippen LogP contribution in [0.3, 0.4) is 0 Å². The number of benzene rings is 1. The van der Waals surface area contributed by atoms with Gasteiger partial charge in [0.25, 0.3) is 0 Å². The summed E-state index contributed by atoms with van der Waals surface area (Å²) in [4.78, 5) is 15.8. The van der Waals surface area contributed by atoms with Crippen LogP contribution >= 0.6 is 11.6 Å². The zero-order valence-corrected chi connectivity index (χ0v) is 23.1. The van der Waals surface area contributed by atoms with Crippen LogP contribution in [0.15, 0.2) is 18.3 Å². The van der Waals surface area contributed by atoms with Crippen LogP contribution in [0, 0.1) is 22.7 Å². The molecule has 1 saturated carbocycles. The molecule has 0 radical (unpaired) electrons. The summed E-state index contributed by atoms with van der Waals surface area (Å²) in [5.41, 5.74) is 2.57. The molecule has 1 atom stereocenters.